The normalized spacial score (nSPS) is 14.3. The second kappa shape index (κ2) is 4.93. The molecule has 1 aliphatic carbocycles. The van der Waals surface area contributed by atoms with Gasteiger partial charge in [-0.25, -0.2) is 0 Å². The highest BCUT2D eigenvalue weighted by Crippen LogP contribution is 2.31. The molecule has 100 valence electrons. The molecule has 2 aromatic rings. The van der Waals surface area contributed by atoms with Crippen LogP contribution in [0, 0.1) is 0 Å². The molecule has 2 heteroatoms. The van der Waals surface area contributed by atoms with E-state index >= 15 is 0 Å². The molecule has 1 aliphatic rings. The van der Waals surface area contributed by atoms with Gasteiger partial charge in [0.15, 0.2) is 0 Å². The molecular formula is C17H22N2. The lowest BCUT2D eigenvalue weighted by atomic mass is 9.96. The zero-order valence-electron chi connectivity index (χ0n) is 12.1. The number of pyridine rings is 1. The molecule has 0 atom stereocenters. The number of hydrogen-bond donors (Lipinski definition) is 1. The first-order valence-corrected chi connectivity index (χ1v) is 7.29. The molecule has 0 fully saturated rings. The molecule has 2 nitrogen and oxygen atoms in total. The lowest BCUT2D eigenvalue weighted by molar-refractivity contribution is 0.808. The summed E-state index contributed by atoms with van der Waals surface area (Å²) in [5.41, 5.74) is 6.88. The van der Waals surface area contributed by atoms with Crippen molar-refractivity contribution in [3.8, 4) is 0 Å². The van der Waals surface area contributed by atoms with Crippen LogP contribution in [0.25, 0.3) is 10.9 Å². The van der Waals surface area contributed by atoms with Crippen molar-refractivity contribution < 1.29 is 0 Å². The van der Waals surface area contributed by atoms with Crippen molar-refractivity contribution >= 4 is 10.9 Å². The van der Waals surface area contributed by atoms with Crippen molar-refractivity contribution in [2.75, 3.05) is 7.05 Å². The molecule has 0 saturated carbocycles. The highest BCUT2D eigenvalue weighted by atomic mass is 14.8. The van der Waals surface area contributed by atoms with E-state index in [-0.39, 0.29) is 0 Å². The topological polar surface area (TPSA) is 24.9 Å². The predicted octanol–water partition coefficient (Wildman–Crippen LogP) is 3.57. The Balaban J connectivity index is 2.26. The van der Waals surface area contributed by atoms with Crippen LogP contribution in [-0.2, 0) is 19.4 Å². The summed E-state index contributed by atoms with van der Waals surface area (Å²) in [5.74, 6) is 0.570. The molecular weight excluding hydrogens is 232 g/mol. The zero-order valence-corrected chi connectivity index (χ0v) is 12.1. The Morgan fingerprint density at radius 1 is 1.26 bits per heavy atom. The van der Waals surface area contributed by atoms with Gasteiger partial charge in [-0.1, -0.05) is 19.9 Å². The summed E-state index contributed by atoms with van der Waals surface area (Å²) in [5, 5.41) is 4.68. The van der Waals surface area contributed by atoms with Crippen LogP contribution in [-0.4, -0.2) is 12.0 Å². The molecule has 1 aromatic carbocycles. The maximum absolute atomic E-state index is 4.87. The zero-order chi connectivity index (χ0) is 13.4. The van der Waals surface area contributed by atoms with Crippen molar-refractivity contribution in [1.82, 2.24) is 10.3 Å². The third-order valence-corrected chi connectivity index (χ3v) is 4.17. The van der Waals surface area contributed by atoms with Crippen molar-refractivity contribution in [2.24, 2.45) is 0 Å². The average Bonchev–Trinajstić information content (AvgIpc) is 2.86. The number of hydrogen-bond acceptors (Lipinski definition) is 2. The Morgan fingerprint density at radius 2 is 2.11 bits per heavy atom. The molecule has 1 aromatic heterocycles. The van der Waals surface area contributed by atoms with Crippen LogP contribution in [0.2, 0.25) is 0 Å². The SMILES string of the molecule is CNCc1c2c(nc3ccc(C(C)C)cc13)CCC2. The van der Waals surface area contributed by atoms with Crippen LogP contribution >= 0.6 is 0 Å². The molecule has 3 rings (SSSR count). The van der Waals surface area contributed by atoms with Gasteiger partial charge in [0.05, 0.1) is 5.52 Å². The highest BCUT2D eigenvalue weighted by molar-refractivity contribution is 5.85. The van der Waals surface area contributed by atoms with E-state index < -0.39 is 0 Å². The Hall–Kier alpha value is -1.41. The Labute approximate surface area is 115 Å². The lowest BCUT2D eigenvalue weighted by Gasteiger charge is -2.14. The summed E-state index contributed by atoms with van der Waals surface area (Å²) >= 11 is 0. The van der Waals surface area contributed by atoms with Crippen molar-refractivity contribution in [2.45, 2.75) is 45.6 Å². The third-order valence-electron chi connectivity index (χ3n) is 4.17. The maximum Gasteiger partial charge on any atom is 0.0708 e. The van der Waals surface area contributed by atoms with E-state index in [9.17, 15) is 0 Å². The molecule has 0 bridgehead atoms. The number of aromatic nitrogens is 1. The van der Waals surface area contributed by atoms with Gasteiger partial charge in [0.1, 0.15) is 0 Å². The number of nitrogens with one attached hydrogen (secondary N) is 1. The van der Waals surface area contributed by atoms with E-state index in [0.29, 0.717) is 5.92 Å². The lowest BCUT2D eigenvalue weighted by Crippen LogP contribution is -2.09. The number of nitrogens with zero attached hydrogens (tertiary/aromatic N) is 1. The molecule has 0 unspecified atom stereocenters. The van der Waals surface area contributed by atoms with Gasteiger partial charge in [-0.15, -0.1) is 0 Å². The quantitative estimate of drug-likeness (QED) is 0.905. The minimum atomic E-state index is 0.570. The van der Waals surface area contributed by atoms with E-state index in [2.05, 4.69) is 37.4 Å². The Morgan fingerprint density at radius 3 is 2.84 bits per heavy atom. The van der Waals surface area contributed by atoms with Gasteiger partial charge in [-0.2, -0.15) is 0 Å². The fourth-order valence-electron chi connectivity index (χ4n) is 3.11. The van der Waals surface area contributed by atoms with Crippen LogP contribution in [0.4, 0.5) is 0 Å². The van der Waals surface area contributed by atoms with Crippen LogP contribution in [0.15, 0.2) is 18.2 Å². The van der Waals surface area contributed by atoms with Crippen molar-refractivity contribution in [3.63, 3.8) is 0 Å². The summed E-state index contributed by atoms with van der Waals surface area (Å²) in [6.45, 7) is 5.45. The number of benzene rings is 1. The van der Waals surface area contributed by atoms with E-state index in [1.165, 1.54) is 40.6 Å². The van der Waals surface area contributed by atoms with Crippen molar-refractivity contribution in [3.05, 3.63) is 40.6 Å². The smallest absolute Gasteiger partial charge is 0.0708 e. The van der Waals surface area contributed by atoms with Gasteiger partial charge in [-0.3, -0.25) is 4.98 Å². The fraction of sp³-hybridized carbons (Fsp3) is 0.471. The summed E-state index contributed by atoms with van der Waals surface area (Å²) in [4.78, 5) is 4.87. The van der Waals surface area contributed by atoms with Gasteiger partial charge in [0.2, 0.25) is 0 Å². The van der Waals surface area contributed by atoms with Gasteiger partial charge >= 0.3 is 0 Å². The minimum Gasteiger partial charge on any atom is -0.316 e. The molecule has 1 heterocycles. The average molecular weight is 254 g/mol. The van der Waals surface area contributed by atoms with Gasteiger partial charge in [0.25, 0.3) is 0 Å². The second-order valence-corrected chi connectivity index (χ2v) is 5.83. The van der Waals surface area contributed by atoms with Crippen LogP contribution < -0.4 is 5.32 Å². The number of rotatable bonds is 3. The van der Waals surface area contributed by atoms with Crippen LogP contribution in [0.3, 0.4) is 0 Å². The largest absolute Gasteiger partial charge is 0.316 e. The molecule has 0 amide bonds. The van der Waals surface area contributed by atoms with E-state index in [1.807, 2.05) is 7.05 Å². The summed E-state index contributed by atoms with van der Waals surface area (Å²) in [7, 11) is 2.03. The summed E-state index contributed by atoms with van der Waals surface area (Å²) < 4.78 is 0. The molecule has 0 aliphatic heterocycles. The Bertz CT molecular complexity index is 614. The number of fused-ring (bicyclic) bond motifs is 2. The fourth-order valence-corrected chi connectivity index (χ4v) is 3.11. The Kier molecular flexibility index (Phi) is 3.28. The van der Waals surface area contributed by atoms with Gasteiger partial charge in [0, 0.05) is 17.6 Å². The van der Waals surface area contributed by atoms with E-state index in [0.717, 1.165) is 18.5 Å². The maximum atomic E-state index is 4.87. The summed E-state index contributed by atoms with van der Waals surface area (Å²) in [6.07, 6.45) is 3.60. The second-order valence-electron chi connectivity index (χ2n) is 5.83. The first-order valence-electron chi connectivity index (χ1n) is 7.29. The molecule has 0 spiro atoms. The van der Waals surface area contributed by atoms with Gasteiger partial charge < -0.3 is 5.32 Å². The minimum absolute atomic E-state index is 0.570. The predicted molar refractivity (Wildman–Crippen MR) is 80.6 cm³/mol. The van der Waals surface area contributed by atoms with Gasteiger partial charge in [-0.05, 0) is 61.1 Å². The van der Waals surface area contributed by atoms with E-state index in [1.54, 1.807) is 0 Å². The van der Waals surface area contributed by atoms with Crippen molar-refractivity contribution in [1.29, 1.82) is 0 Å². The standard InChI is InChI=1S/C17H22N2/c1-11(2)12-7-8-17-14(9-12)15(10-18-3)13-5-4-6-16(13)19-17/h7-9,11,18H,4-6,10H2,1-3H3. The van der Waals surface area contributed by atoms with E-state index in [4.69, 9.17) is 4.98 Å². The molecule has 0 saturated heterocycles. The van der Waals surface area contributed by atoms with Crippen LogP contribution in [0.1, 0.15) is 48.6 Å². The number of aryl methyl sites for hydroxylation is 1. The highest BCUT2D eigenvalue weighted by Gasteiger charge is 2.19. The van der Waals surface area contributed by atoms with Crippen LogP contribution in [0.5, 0.6) is 0 Å². The monoisotopic (exact) mass is 254 g/mol. The first-order chi connectivity index (χ1) is 9.20. The first kappa shape index (κ1) is 12.6. The third kappa shape index (κ3) is 2.14. The molecule has 0 radical (unpaired) electrons. The molecule has 19 heavy (non-hydrogen) atoms. The molecule has 1 N–H and O–H groups in total. The summed E-state index contributed by atoms with van der Waals surface area (Å²) in [6, 6.07) is 6.77.